The topological polar surface area (TPSA) is 146 Å². The molecule has 1 fully saturated rings. The van der Waals surface area contributed by atoms with Crippen LogP contribution in [0.1, 0.15) is 67.4 Å². The number of aromatic nitrogens is 2. The van der Waals surface area contributed by atoms with Crippen molar-refractivity contribution in [3.8, 4) is 17.6 Å². The van der Waals surface area contributed by atoms with Gasteiger partial charge in [-0.15, -0.1) is 0 Å². The van der Waals surface area contributed by atoms with Crippen molar-refractivity contribution in [1.29, 1.82) is 5.26 Å². The van der Waals surface area contributed by atoms with Gasteiger partial charge in [-0.1, -0.05) is 72.8 Å². The Hall–Kier alpha value is -5.52. The number of hydrogen-bond donors (Lipinski definition) is 1. The minimum absolute atomic E-state index is 0.00163. The molecule has 1 aliphatic rings. The molecule has 6 rings (SSSR count). The molecule has 2 heterocycles. The zero-order chi connectivity index (χ0) is 43.5. The Kier molecular flexibility index (Phi) is 15.4. The Morgan fingerprint density at radius 3 is 1.97 bits per heavy atom. The number of amides is 1. The van der Waals surface area contributed by atoms with E-state index < -0.39 is 50.3 Å². The summed E-state index contributed by atoms with van der Waals surface area (Å²) in [4.78, 5) is 30.9. The molecular weight excluding hydrogens is 801 g/mol. The van der Waals surface area contributed by atoms with Gasteiger partial charge in [0.05, 0.1) is 39.9 Å². The predicted molar refractivity (Wildman–Crippen MR) is 230 cm³/mol. The van der Waals surface area contributed by atoms with E-state index >= 15 is 4.39 Å². The van der Waals surface area contributed by atoms with E-state index in [0.717, 1.165) is 21.3 Å². The van der Waals surface area contributed by atoms with Gasteiger partial charge in [-0.3, -0.25) is 9.36 Å². The summed E-state index contributed by atoms with van der Waals surface area (Å²) in [6.07, 6.45) is -4.41. The lowest BCUT2D eigenvalue weighted by molar-refractivity contribution is -0.0907. The largest absolute Gasteiger partial charge is 0.497 e. The first kappa shape index (κ1) is 45.0. The fraction of sp³-hybridized carbons (Fsp3) is 0.348. The van der Waals surface area contributed by atoms with Gasteiger partial charge in [0.1, 0.15) is 35.1 Å². The van der Waals surface area contributed by atoms with E-state index in [2.05, 4.69) is 16.4 Å². The Balaban J connectivity index is 1.40. The molecule has 1 aliphatic heterocycles. The summed E-state index contributed by atoms with van der Waals surface area (Å²) in [7, 11) is 1.19. The number of carbonyl (C=O) groups is 1. The third-order valence-electron chi connectivity index (χ3n) is 10.2. The van der Waals surface area contributed by atoms with E-state index in [1.165, 1.54) is 12.3 Å². The van der Waals surface area contributed by atoms with Crippen molar-refractivity contribution in [3.63, 3.8) is 0 Å². The number of nitriles is 1. The summed E-state index contributed by atoms with van der Waals surface area (Å²) < 4.78 is 57.9. The first-order valence-electron chi connectivity index (χ1n) is 20.0. The third kappa shape index (κ3) is 10.3. The highest BCUT2D eigenvalue weighted by molar-refractivity contribution is 7.44. The molecule has 320 valence electrons. The number of rotatable bonds is 19. The minimum Gasteiger partial charge on any atom is -0.497 e. The predicted octanol–water partition coefficient (Wildman–Crippen LogP) is 8.42. The second-order valence-corrected chi connectivity index (χ2v) is 16.2. The summed E-state index contributed by atoms with van der Waals surface area (Å²) >= 11 is 0. The Labute approximate surface area is 356 Å². The van der Waals surface area contributed by atoms with Crippen LogP contribution in [0, 0.1) is 11.3 Å². The van der Waals surface area contributed by atoms with E-state index in [1.54, 1.807) is 44.6 Å². The standard InChI is InChI=1S/C46H51FN5O8P/c1-31(2)52(32(3)4)61(58-29-13-27-48)60-42-41(47)39(59-44(42)51-28-26-40(50-45(51)54)49-43(53)33-14-9-7-10-15-33)30-57-46(34-16-11-8-12-17-34,35-18-22-37(55-5)23-19-35)36-20-24-38(56-6)25-21-36/h7-12,14-26,28,31-32,39,41-42,44H,13,29-30H2,1-6H3,(H,49,50,53,54)/t39-,41-,42-,44-,61?/m1/s1. The molecule has 15 heteroatoms. The van der Waals surface area contributed by atoms with Crippen LogP contribution in [0.5, 0.6) is 11.5 Å². The summed E-state index contributed by atoms with van der Waals surface area (Å²) in [6.45, 7) is 7.62. The first-order chi connectivity index (χ1) is 29.5. The summed E-state index contributed by atoms with van der Waals surface area (Å²) in [6, 6.07) is 36.3. The molecule has 0 aliphatic carbocycles. The lowest BCUT2D eigenvalue weighted by Gasteiger charge is -2.38. The SMILES string of the molecule is COc1ccc(C(OC[C@H]2O[C@@H](n3ccc(NC(=O)c4ccccc4)nc3=O)[C@H](OP(OCCC#N)N(C(C)C)C(C)C)[C@@H]2F)(c2ccccc2)c2ccc(OC)cc2)cc1. The average Bonchev–Trinajstić information content (AvgIpc) is 3.58. The number of carbonyl (C=O) groups excluding carboxylic acids is 1. The van der Waals surface area contributed by atoms with E-state index in [4.69, 9.17) is 28.0 Å². The van der Waals surface area contributed by atoms with E-state index in [9.17, 15) is 14.9 Å². The van der Waals surface area contributed by atoms with Gasteiger partial charge in [0.25, 0.3) is 14.4 Å². The van der Waals surface area contributed by atoms with Crippen LogP contribution in [0.15, 0.2) is 126 Å². The van der Waals surface area contributed by atoms with E-state index in [-0.39, 0.29) is 37.5 Å². The monoisotopic (exact) mass is 851 g/mol. The quantitative estimate of drug-likeness (QED) is 0.0485. The molecule has 1 N–H and O–H groups in total. The fourth-order valence-corrected chi connectivity index (χ4v) is 9.03. The fourth-order valence-electron chi connectivity index (χ4n) is 7.30. The van der Waals surface area contributed by atoms with Crippen LogP contribution in [0.2, 0.25) is 0 Å². The number of anilines is 1. The van der Waals surface area contributed by atoms with Gasteiger partial charge in [-0.05, 0) is 86.8 Å². The van der Waals surface area contributed by atoms with Crippen molar-refractivity contribution < 1.29 is 37.2 Å². The lowest BCUT2D eigenvalue weighted by atomic mass is 9.80. The molecule has 0 radical (unpaired) electrons. The maximum absolute atomic E-state index is 17.5. The first-order valence-corrected chi connectivity index (χ1v) is 21.1. The van der Waals surface area contributed by atoms with Crippen molar-refractivity contribution in [3.05, 3.63) is 154 Å². The van der Waals surface area contributed by atoms with Crippen molar-refractivity contribution in [2.75, 3.05) is 32.8 Å². The number of nitrogens with zero attached hydrogens (tertiary/aromatic N) is 4. The molecule has 5 aromatic rings. The van der Waals surface area contributed by atoms with Crippen LogP contribution in [0.25, 0.3) is 0 Å². The number of alkyl halides is 1. The second kappa shape index (κ2) is 20.8. The Morgan fingerprint density at radius 2 is 1.44 bits per heavy atom. The molecule has 1 aromatic heterocycles. The van der Waals surface area contributed by atoms with Crippen LogP contribution in [0.3, 0.4) is 0 Å². The Morgan fingerprint density at radius 1 is 0.885 bits per heavy atom. The molecule has 0 bridgehead atoms. The summed E-state index contributed by atoms with van der Waals surface area (Å²) in [5.74, 6) is 0.826. The molecule has 5 atom stereocenters. The Bertz CT molecular complexity index is 2220. The number of methoxy groups -OCH3 is 2. The highest BCUT2D eigenvalue weighted by Crippen LogP contribution is 2.51. The van der Waals surface area contributed by atoms with E-state index in [1.807, 2.05) is 111 Å². The van der Waals surface area contributed by atoms with Crippen molar-refractivity contribution in [2.24, 2.45) is 0 Å². The van der Waals surface area contributed by atoms with Crippen LogP contribution >= 0.6 is 8.53 Å². The van der Waals surface area contributed by atoms with Gasteiger partial charge in [-0.2, -0.15) is 10.2 Å². The van der Waals surface area contributed by atoms with Crippen LogP contribution < -0.4 is 20.5 Å². The van der Waals surface area contributed by atoms with Crippen LogP contribution in [0.4, 0.5) is 10.2 Å². The van der Waals surface area contributed by atoms with Crippen molar-refractivity contribution in [2.45, 2.75) is 76.4 Å². The number of hydrogen-bond acceptors (Lipinski definition) is 11. The number of nitrogens with one attached hydrogen (secondary N) is 1. The smallest absolute Gasteiger partial charge is 0.351 e. The molecule has 61 heavy (non-hydrogen) atoms. The van der Waals surface area contributed by atoms with Gasteiger partial charge < -0.3 is 33.3 Å². The maximum Gasteiger partial charge on any atom is 0.351 e. The number of halogens is 1. The molecule has 1 saturated heterocycles. The van der Waals surface area contributed by atoms with Crippen LogP contribution in [-0.4, -0.2) is 78.0 Å². The molecular formula is C46H51FN5O8P. The van der Waals surface area contributed by atoms with Gasteiger partial charge in [0.15, 0.2) is 12.4 Å². The third-order valence-corrected chi connectivity index (χ3v) is 12.3. The highest BCUT2D eigenvalue weighted by Gasteiger charge is 2.51. The van der Waals surface area contributed by atoms with Crippen molar-refractivity contribution in [1.82, 2.24) is 14.2 Å². The molecule has 1 amide bonds. The van der Waals surface area contributed by atoms with Crippen LogP contribution in [-0.2, 0) is 24.1 Å². The second-order valence-electron chi connectivity index (χ2n) is 14.8. The summed E-state index contributed by atoms with van der Waals surface area (Å²) in [5, 5.41) is 12.0. The molecule has 1 unspecified atom stereocenters. The normalized spacial score (nSPS) is 18.2. The number of ether oxygens (including phenoxy) is 4. The minimum atomic E-state index is -1.99. The molecule has 0 saturated carbocycles. The lowest BCUT2D eigenvalue weighted by Crippen LogP contribution is -2.40. The van der Waals surface area contributed by atoms with E-state index in [0.29, 0.717) is 17.1 Å². The van der Waals surface area contributed by atoms with Gasteiger partial charge in [0, 0.05) is 23.8 Å². The zero-order valence-corrected chi connectivity index (χ0v) is 35.9. The summed E-state index contributed by atoms with van der Waals surface area (Å²) in [5.41, 5.74) is 0.491. The van der Waals surface area contributed by atoms with Gasteiger partial charge >= 0.3 is 5.69 Å². The highest BCUT2D eigenvalue weighted by atomic mass is 31.2. The zero-order valence-electron chi connectivity index (χ0n) is 35.0. The molecule has 13 nitrogen and oxygen atoms in total. The molecule has 4 aromatic carbocycles. The average molecular weight is 852 g/mol. The maximum atomic E-state index is 17.5. The van der Waals surface area contributed by atoms with Gasteiger partial charge in [-0.25, -0.2) is 13.9 Å². The van der Waals surface area contributed by atoms with Gasteiger partial charge in [0.2, 0.25) is 0 Å². The van der Waals surface area contributed by atoms with Crippen molar-refractivity contribution >= 4 is 20.3 Å². The molecule has 0 spiro atoms. The number of benzene rings is 4.